The van der Waals surface area contributed by atoms with Gasteiger partial charge in [-0.15, -0.1) is 12.4 Å². The fourth-order valence-electron chi connectivity index (χ4n) is 4.59. The average molecular weight is 539 g/mol. The van der Waals surface area contributed by atoms with E-state index in [1.165, 1.54) is 6.92 Å². The van der Waals surface area contributed by atoms with Crippen LogP contribution in [0.15, 0.2) is 72.8 Å². The number of likely N-dealkylation sites (N-methyl/N-ethyl adjacent to an activating group) is 1. The second-order valence-corrected chi connectivity index (χ2v) is 9.47. The molecule has 1 amide bonds. The minimum atomic E-state index is -0.950. The molecule has 8 heteroatoms. The molecule has 0 saturated carbocycles. The summed E-state index contributed by atoms with van der Waals surface area (Å²) in [7, 11) is 5.54. The minimum absolute atomic E-state index is 0. The van der Waals surface area contributed by atoms with E-state index in [4.69, 9.17) is 14.2 Å². The van der Waals surface area contributed by atoms with Gasteiger partial charge in [0.25, 0.3) is 5.91 Å². The topological polar surface area (TPSA) is 68.3 Å². The molecule has 1 heterocycles. The summed E-state index contributed by atoms with van der Waals surface area (Å²) >= 11 is 0. The molecule has 202 valence electrons. The molecule has 4 rings (SSSR count). The van der Waals surface area contributed by atoms with Crippen molar-refractivity contribution in [2.75, 3.05) is 39.2 Å². The molecule has 3 aromatic rings. The zero-order valence-electron chi connectivity index (χ0n) is 22.3. The molecule has 0 aliphatic carbocycles. The number of carbonyl (C=O) groups excluding carboxylic acids is 2. The van der Waals surface area contributed by atoms with Crippen LogP contribution in [0.1, 0.15) is 29.5 Å². The van der Waals surface area contributed by atoms with Gasteiger partial charge in [0.2, 0.25) is 0 Å². The lowest BCUT2D eigenvalue weighted by Gasteiger charge is -2.29. The second kappa shape index (κ2) is 13.3. The third-order valence-corrected chi connectivity index (χ3v) is 6.51. The molecule has 1 aliphatic heterocycles. The zero-order chi connectivity index (χ0) is 26.4. The van der Waals surface area contributed by atoms with Crippen molar-refractivity contribution in [1.82, 2.24) is 4.90 Å². The normalized spacial score (nSPS) is 16.8. The Morgan fingerprint density at radius 1 is 1.00 bits per heavy atom. The van der Waals surface area contributed by atoms with E-state index in [9.17, 15) is 9.59 Å². The highest BCUT2D eigenvalue weighted by atomic mass is 35.5. The fourth-order valence-corrected chi connectivity index (χ4v) is 4.59. The monoisotopic (exact) mass is 538 g/mol. The van der Waals surface area contributed by atoms with E-state index in [2.05, 4.69) is 0 Å². The third-order valence-electron chi connectivity index (χ3n) is 6.51. The van der Waals surface area contributed by atoms with Crippen LogP contribution >= 0.6 is 12.4 Å². The number of esters is 1. The first-order valence-corrected chi connectivity index (χ1v) is 12.4. The molecule has 0 fully saturated rings. The maximum absolute atomic E-state index is 13.9. The van der Waals surface area contributed by atoms with Crippen LogP contribution in [0.3, 0.4) is 0 Å². The van der Waals surface area contributed by atoms with Gasteiger partial charge in [-0.25, -0.2) is 0 Å². The van der Waals surface area contributed by atoms with E-state index >= 15 is 0 Å². The standard InChI is InChI=1S/C30H34N2O5.ClH/c1-21(33)37-29-27(23-10-12-25(35-4)13-11-23)19-24-18-26(36-20-22-8-6-5-7-9-22)14-15-28(24)32(30(29)34)17-16-31(2)3;/h5-15,18,27,29H,16-17,19-20H2,1-4H3;1H/t27-,29+;/m1./s1. The number of carbonyl (C=O) groups is 2. The number of methoxy groups -OCH3 is 1. The summed E-state index contributed by atoms with van der Waals surface area (Å²) in [6.07, 6.45) is -0.444. The molecule has 0 radical (unpaired) electrons. The number of amides is 1. The lowest BCUT2D eigenvalue weighted by molar-refractivity contribution is -0.154. The molecular formula is C30H35ClN2O5. The Hall–Kier alpha value is -3.55. The van der Waals surface area contributed by atoms with Gasteiger partial charge in [-0.1, -0.05) is 42.5 Å². The number of nitrogens with zero attached hydrogens (tertiary/aromatic N) is 2. The molecule has 0 unspecified atom stereocenters. The predicted octanol–water partition coefficient (Wildman–Crippen LogP) is 4.86. The Kier molecular flexibility index (Phi) is 10.2. The number of ether oxygens (including phenoxy) is 3. The third kappa shape index (κ3) is 7.05. The van der Waals surface area contributed by atoms with Gasteiger partial charge in [0.15, 0.2) is 6.10 Å². The molecule has 0 aromatic heterocycles. The lowest BCUT2D eigenvalue weighted by Crippen LogP contribution is -2.45. The van der Waals surface area contributed by atoms with E-state index in [0.717, 1.165) is 33.9 Å². The Labute approximate surface area is 230 Å². The maximum atomic E-state index is 13.9. The van der Waals surface area contributed by atoms with E-state index in [0.29, 0.717) is 26.1 Å². The summed E-state index contributed by atoms with van der Waals surface area (Å²) < 4.78 is 17.1. The molecule has 0 bridgehead atoms. The van der Waals surface area contributed by atoms with Crippen LogP contribution in [0.25, 0.3) is 0 Å². The van der Waals surface area contributed by atoms with Crippen molar-refractivity contribution >= 4 is 30.0 Å². The smallest absolute Gasteiger partial charge is 0.303 e. The Morgan fingerprint density at radius 3 is 2.32 bits per heavy atom. The fraction of sp³-hybridized carbons (Fsp3) is 0.333. The van der Waals surface area contributed by atoms with E-state index < -0.39 is 12.1 Å². The number of hydrogen-bond acceptors (Lipinski definition) is 6. The second-order valence-electron chi connectivity index (χ2n) is 9.47. The van der Waals surface area contributed by atoms with Crippen molar-refractivity contribution in [3.63, 3.8) is 0 Å². The quantitative estimate of drug-likeness (QED) is 0.362. The molecule has 0 N–H and O–H groups in total. The van der Waals surface area contributed by atoms with Crippen molar-refractivity contribution in [2.24, 2.45) is 0 Å². The van der Waals surface area contributed by atoms with Crippen LogP contribution in [0.2, 0.25) is 0 Å². The van der Waals surface area contributed by atoms with Gasteiger partial charge in [-0.2, -0.15) is 0 Å². The molecule has 7 nitrogen and oxygen atoms in total. The SMILES string of the molecule is COc1ccc([C@H]2Cc3cc(OCc4ccccc4)ccc3N(CCN(C)C)C(=O)[C@H]2OC(C)=O)cc1.Cl. The van der Waals surface area contributed by atoms with Crippen LogP contribution in [-0.2, 0) is 27.4 Å². The summed E-state index contributed by atoms with van der Waals surface area (Å²) in [4.78, 5) is 29.8. The molecule has 2 atom stereocenters. The Morgan fingerprint density at radius 2 is 1.68 bits per heavy atom. The summed E-state index contributed by atoms with van der Waals surface area (Å²) in [5.41, 5.74) is 3.75. The van der Waals surface area contributed by atoms with Crippen molar-refractivity contribution in [2.45, 2.75) is 32.0 Å². The van der Waals surface area contributed by atoms with Gasteiger partial charge < -0.3 is 24.0 Å². The number of rotatable bonds is 9. The highest BCUT2D eigenvalue weighted by molar-refractivity contribution is 6.00. The first-order chi connectivity index (χ1) is 17.9. The van der Waals surface area contributed by atoms with Gasteiger partial charge in [-0.3, -0.25) is 9.59 Å². The molecule has 0 saturated heterocycles. The summed E-state index contributed by atoms with van der Waals surface area (Å²) in [6, 6.07) is 23.4. The number of halogens is 1. The van der Waals surface area contributed by atoms with Gasteiger partial charge >= 0.3 is 5.97 Å². The van der Waals surface area contributed by atoms with Gasteiger partial charge in [0.1, 0.15) is 18.1 Å². The van der Waals surface area contributed by atoms with Crippen LogP contribution < -0.4 is 14.4 Å². The van der Waals surface area contributed by atoms with E-state index in [1.807, 2.05) is 91.8 Å². The Balaban J connectivity index is 0.00000400. The van der Waals surface area contributed by atoms with Crippen molar-refractivity contribution in [3.8, 4) is 11.5 Å². The van der Waals surface area contributed by atoms with Gasteiger partial charge in [0.05, 0.1) is 7.11 Å². The van der Waals surface area contributed by atoms with Crippen LogP contribution in [-0.4, -0.2) is 57.2 Å². The number of hydrogen-bond donors (Lipinski definition) is 0. The van der Waals surface area contributed by atoms with E-state index in [-0.39, 0.29) is 24.2 Å². The van der Waals surface area contributed by atoms with Crippen LogP contribution in [0.4, 0.5) is 5.69 Å². The molecule has 0 spiro atoms. The number of anilines is 1. The largest absolute Gasteiger partial charge is 0.497 e. The predicted molar refractivity (Wildman–Crippen MR) is 150 cm³/mol. The van der Waals surface area contributed by atoms with Crippen LogP contribution in [0.5, 0.6) is 11.5 Å². The lowest BCUT2D eigenvalue weighted by atomic mass is 9.87. The number of fused-ring (bicyclic) bond motifs is 1. The van der Waals surface area contributed by atoms with Gasteiger partial charge in [0, 0.05) is 31.6 Å². The van der Waals surface area contributed by atoms with Gasteiger partial charge in [-0.05, 0) is 67.5 Å². The number of benzene rings is 3. The summed E-state index contributed by atoms with van der Waals surface area (Å²) in [5, 5.41) is 0. The molecule has 1 aliphatic rings. The highest BCUT2D eigenvalue weighted by Gasteiger charge is 2.40. The molecule has 38 heavy (non-hydrogen) atoms. The summed E-state index contributed by atoms with van der Waals surface area (Å²) in [5.74, 6) is 0.367. The molecule has 3 aromatic carbocycles. The van der Waals surface area contributed by atoms with Crippen molar-refractivity contribution in [3.05, 3.63) is 89.5 Å². The van der Waals surface area contributed by atoms with E-state index in [1.54, 1.807) is 12.0 Å². The Bertz CT molecular complexity index is 1220. The molecular weight excluding hydrogens is 504 g/mol. The summed E-state index contributed by atoms with van der Waals surface area (Å²) in [6.45, 7) is 2.92. The van der Waals surface area contributed by atoms with Crippen molar-refractivity contribution in [1.29, 1.82) is 0 Å². The minimum Gasteiger partial charge on any atom is -0.497 e. The van der Waals surface area contributed by atoms with Crippen molar-refractivity contribution < 1.29 is 23.8 Å². The van der Waals surface area contributed by atoms with Crippen LogP contribution in [0, 0.1) is 0 Å². The average Bonchev–Trinajstić information content (AvgIpc) is 3.00. The zero-order valence-corrected chi connectivity index (χ0v) is 23.1. The first kappa shape index (κ1) is 29.0. The first-order valence-electron chi connectivity index (χ1n) is 12.4. The maximum Gasteiger partial charge on any atom is 0.303 e. The highest BCUT2D eigenvalue weighted by Crippen LogP contribution is 2.38.